The normalized spacial score (nSPS) is 21.2. The van der Waals surface area contributed by atoms with Crippen molar-refractivity contribution in [2.75, 3.05) is 13.1 Å². The van der Waals surface area contributed by atoms with Gasteiger partial charge in [0.05, 0.1) is 10.2 Å². The maximum atomic E-state index is 13.2. The molecule has 1 fully saturated rings. The van der Waals surface area contributed by atoms with Crippen LogP contribution in [0.3, 0.4) is 0 Å². The van der Waals surface area contributed by atoms with Gasteiger partial charge in [0.1, 0.15) is 5.82 Å². The molecule has 1 aliphatic rings. The summed E-state index contributed by atoms with van der Waals surface area (Å²) >= 11 is 3.09. The molecule has 1 aromatic rings. The largest absolute Gasteiger partial charge is 0.411 e. The molecule has 2 rings (SSSR count). The fraction of sp³-hybridized carbons (Fsp3) is 0.429. The molecule has 0 aromatic heterocycles. The van der Waals surface area contributed by atoms with E-state index < -0.39 is 0 Å². The first-order valence-electron chi connectivity index (χ1n) is 6.52. The number of benzene rings is 1. The minimum Gasteiger partial charge on any atom is -0.411 e. The first-order chi connectivity index (χ1) is 9.56. The van der Waals surface area contributed by atoms with Gasteiger partial charge >= 0.3 is 0 Å². The second kappa shape index (κ2) is 6.35. The number of carbonyl (C=O) groups excluding carboxylic acids is 1. The smallest absolute Gasteiger partial charge is 0.253 e. The lowest BCUT2D eigenvalue weighted by Crippen LogP contribution is -2.44. The Morgan fingerprint density at radius 3 is 2.95 bits per heavy atom. The lowest BCUT2D eigenvalue weighted by Gasteiger charge is -2.32. The zero-order chi connectivity index (χ0) is 14.7. The molecule has 4 nitrogen and oxygen atoms in total. The van der Waals surface area contributed by atoms with Gasteiger partial charge in [-0.05, 0) is 40.5 Å². The van der Waals surface area contributed by atoms with Crippen LogP contribution >= 0.6 is 15.9 Å². The maximum Gasteiger partial charge on any atom is 0.253 e. The van der Waals surface area contributed by atoms with Crippen molar-refractivity contribution in [2.45, 2.75) is 19.8 Å². The van der Waals surface area contributed by atoms with Crippen LogP contribution in [0.4, 0.5) is 4.39 Å². The van der Waals surface area contributed by atoms with Crippen molar-refractivity contribution in [3.63, 3.8) is 0 Å². The van der Waals surface area contributed by atoms with Gasteiger partial charge in [0.2, 0.25) is 0 Å². The number of piperidine rings is 1. The summed E-state index contributed by atoms with van der Waals surface area (Å²) in [4.78, 5) is 14.1. The molecule has 1 unspecified atom stereocenters. The van der Waals surface area contributed by atoms with Crippen LogP contribution in [0.15, 0.2) is 27.8 Å². The van der Waals surface area contributed by atoms with Gasteiger partial charge in [-0.25, -0.2) is 4.39 Å². The number of likely N-dealkylation sites (tertiary alicyclic amines) is 1. The van der Waals surface area contributed by atoms with Crippen molar-refractivity contribution in [2.24, 2.45) is 11.1 Å². The summed E-state index contributed by atoms with van der Waals surface area (Å²) in [5.41, 5.74) is 1.20. The molecular formula is C14H16BrFN2O2. The minimum absolute atomic E-state index is 0.0848. The number of hydrogen-bond donors (Lipinski definition) is 1. The van der Waals surface area contributed by atoms with Gasteiger partial charge in [-0.2, -0.15) is 0 Å². The Morgan fingerprint density at radius 1 is 1.60 bits per heavy atom. The Morgan fingerprint density at radius 2 is 2.35 bits per heavy atom. The molecule has 0 radical (unpaired) electrons. The molecule has 0 spiro atoms. The molecular weight excluding hydrogens is 327 g/mol. The average molecular weight is 343 g/mol. The average Bonchev–Trinajstić information content (AvgIpc) is 2.48. The Labute approximate surface area is 125 Å². The lowest BCUT2D eigenvalue weighted by molar-refractivity contribution is 0.0729. The van der Waals surface area contributed by atoms with Crippen LogP contribution in [-0.2, 0) is 0 Å². The number of oxime groups is 1. The quantitative estimate of drug-likeness (QED) is 0.662. The summed E-state index contributed by atoms with van der Waals surface area (Å²) in [6, 6.07) is 4.26. The van der Waals surface area contributed by atoms with E-state index in [9.17, 15) is 9.18 Å². The second-order valence-corrected chi connectivity index (χ2v) is 5.68. The van der Waals surface area contributed by atoms with Crippen molar-refractivity contribution in [1.82, 2.24) is 4.90 Å². The first kappa shape index (κ1) is 15.0. The predicted molar refractivity (Wildman–Crippen MR) is 77.6 cm³/mol. The Hall–Kier alpha value is -1.43. The van der Waals surface area contributed by atoms with Crippen LogP contribution in [0.1, 0.15) is 30.1 Å². The van der Waals surface area contributed by atoms with Gasteiger partial charge in [-0.3, -0.25) is 4.79 Å². The molecule has 1 heterocycles. The molecule has 0 bridgehead atoms. The maximum absolute atomic E-state index is 13.2. The van der Waals surface area contributed by atoms with Gasteiger partial charge in [-0.1, -0.05) is 12.1 Å². The minimum atomic E-state index is -0.388. The molecule has 1 atom stereocenters. The number of rotatable bonds is 2. The fourth-order valence-electron chi connectivity index (χ4n) is 2.41. The number of carbonyl (C=O) groups is 1. The van der Waals surface area contributed by atoms with Crippen molar-refractivity contribution in [3.8, 4) is 0 Å². The highest BCUT2D eigenvalue weighted by Gasteiger charge is 2.28. The topological polar surface area (TPSA) is 52.9 Å². The van der Waals surface area contributed by atoms with Crippen molar-refractivity contribution in [3.05, 3.63) is 34.1 Å². The predicted octanol–water partition coefficient (Wildman–Crippen LogP) is 3.29. The molecule has 0 saturated carbocycles. The molecule has 1 N–H and O–H groups in total. The van der Waals surface area contributed by atoms with Crippen LogP contribution in [0, 0.1) is 11.7 Å². The molecule has 1 amide bonds. The van der Waals surface area contributed by atoms with Gasteiger partial charge < -0.3 is 10.1 Å². The number of hydrogen-bond acceptors (Lipinski definition) is 3. The van der Waals surface area contributed by atoms with E-state index in [1.165, 1.54) is 18.2 Å². The molecule has 20 heavy (non-hydrogen) atoms. The van der Waals surface area contributed by atoms with E-state index in [4.69, 9.17) is 5.21 Å². The third-order valence-corrected chi connectivity index (χ3v) is 4.23. The molecule has 6 heteroatoms. The van der Waals surface area contributed by atoms with E-state index in [0.717, 1.165) is 12.1 Å². The standard InChI is InChI=1S/C14H16BrFN2O2/c1-2-9-8-18(6-5-13(9)17-20)14(19)10-3-4-12(16)11(15)7-10/h3-4,7,9,20H,2,5-6,8H2,1H3/b17-13+. The van der Waals surface area contributed by atoms with E-state index in [1.807, 2.05) is 6.92 Å². The third kappa shape index (κ3) is 3.00. The zero-order valence-electron chi connectivity index (χ0n) is 11.1. The first-order valence-corrected chi connectivity index (χ1v) is 7.31. The SMILES string of the molecule is CCC1CN(C(=O)c2ccc(F)c(Br)c2)CC/C1=N\O. The van der Waals surface area contributed by atoms with Gasteiger partial charge in [0.15, 0.2) is 0 Å². The second-order valence-electron chi connectivity index (χ2n) is 4.83. The van der Waals surface area contributed by atoms with Crippen molar-refractivity contribution < 1.29 is 14.4 Å². The van der Waals surface area contributed by atoms with E-state index in [0.29, 0.717) is 25.1 Å². The van der Waals surface area contributed by atoms with E-state index in [1.54, 1.807) is 4.90 Å². The number of halogens is 2. The molecule has 1 aliphatic heterocycles. The van der Waals surface area contributed by atoms with Crippen LogP contribution < -0.4 is 0 Å². The summed E-state index contributed by atoms with van der Waals surface area (Å²) < 4.78 is 13.5. The van der Waals surface area contributed by atoms with Crippen LogP contribution in [0.5, 0.6) is 0 Å². The summed E-state index contributed by atoms with van der Waals surface area (Å²) in [7, 11) is 0. The summed E-state index contributed by atoms with van der Waals surface area (Å²) in [6.07, 6.45) is 1.39. The molecule has 0 aliphatic carbocycles. The summed E-state index contributed by atoms with van der Waals surface area (Å²) in [5.74, 6) is -0.427. The van der Waals surface area contributed by atoms with Gasteiger partial charge in [0.25, 0.3) is 5.91 Å². The highest BCUT2D eigenvalue weighted by Crippen LogP contribution is 2.22. The molecule has 1 aromatic carbocycles. The van der Waals surface area contributed by atoms with Crippen LogP contribution in [0.25, 0.3) is 0 Å². The fourth-order valence-corrected chi connectivity index (χ4v) is 2.79. The summed E-state index contributed by atoms with van der Waals surface area (Å²) in [6.45, 7) is 3.05. The molecule has 1 saturated heterocycles. The summed E-state index contributed by atoms with van der Waals surface area (Å²) in [5, 5.41) is 12.3. The Balaban J connectivity index is 2.15. The highest BCUT2D eigenvalue weighted by molar-refractivity contribution is 9.10. The Bertz CT molecular complexity index is 548. The highest BCUT2D eigenvalue weighted by atomic mass is 79.9. The number of amides is 1. The number of nitrogens with zero attached hydrogens (tertiary/aromatic N) is 2. The lowest BCUT2D eigenvalue weighted by atomic mass is 9.93. The van der Waals surface area contributed by atoms with E-state index >= 15 is 0 Å². The third-order valence-electron chi connectivity index (χ3n) is 3.62. The van der Waals surface area contributed by atoms with Crippen molar-refractivity contribution in [1.29, 1.82) is 0 Å². The van der Waals surface area contributed by atoms with Gasteiger partial charge in [0, 0.05) is 31.0 Å². The van der Waals surface area contributed by atoms with Gasteiger partial charge in [-0.15, -0.1) is 0 Å². The zero-order valence-corrected chi connectivity index (χ0v) is 12.7. The molecule has 108 valence electrons. The van der Waals surface area contributed by atoms with Crippen molar-refractivity contribution >= 4 is 27.5 Å². The Kier molecular flexibility index (Phi) is 4.75. The van der Waals surface area contributed by atoms with Crippen LogP contribution in [-0.4, -0.2) is 34.8 Å². The van der Waals surface area contributed by atoms with E-state index in [2.05, 4.69) is 21.1 Å². The monoisotopic (exact) mass is 342 g/mol. The van der Waals surface area contributed by atoms with Crippen LogP contribution in [0.2, 0.25) is 0 Å². The van der Waals surface area contributed by atoms with E-state index in [-0.39, 0.29) is 22.1 Å².